The van der Waals surface area contributed by atoms with E-state index in [9.17, 15) is 4.79 Å². The molecule has 1 amide bonds. The highest BCUT2D eigenvalue weighted by Crippen LogP contribution is 2.20. The number of hydrogen-bond acceptors (Lipinski definition) is 2. The van der Waals surface area contributed by atoms with Gasteiger partial charge < -0.3 is 10.6 Å². The van der Waals surface area contributed by atoms with Gasteiger partial charge in [-0.15, -0.1) is 0 Å². The average molecular weight is 212 g/mol. The Labute approximate surface area is 93.0 Å². The first-order valence-corrected chi connectivity index (χ1v) is 6.26. The molecule has 2 N–H and O–H groups in total. The van der Waals surface area contributed by atoms with Crippen LogP contribution in [0.1, 0.15) is 52.4 Å². The minimum Gasteiger partial charge on any atom is -0.338 e. The molecule has 0 aromatic carbocycles. The van der Waals surface area contributed by atoms with Crippen molar-refractivity contribution in [3.8, 4) is 0 Å². The van der Waals surface area contributed by atoms with Crippen molar-refractivity contribution in [1.29, 1.82) is 0 Å². The Bertz CT molecular complexity index is 206. The summed E-state index contributed by atoms with van der Waals surface area (Å²) < 4.78 is 0. The second-order valence-corrected chi connectivity index (χ2v) is 4.48. The van der Waals surface area contributed by atoms with Gasteiger partial charge in [-0.05, 0) is 32.1 Å². The Balaban J connectivity index is 2.55. The topological polar surface area (TPSA) is 46.3 Å². The number of carbonyl (C=O) groups excluding carboxylic acids is 1. The van der Waals surface area contributed by atoms with Gasteiger partial charge in [-0.2, -0.15) is 0 Å². The molecule has 1 heterocycles. The molecule has 0 aromatic rings. The number of carbonyl (C=O) groups is 1. The summed E-state index contributed by atoms with van der Waals surface area (Å²) in [4.78, 5) is 14.1. The van der Waals surface area contributed by atoms with Gasteiger partial charge in [-0.3, -0.25) is 4.79 Å². The summed E-state index contributed by atoms with van der Waals surface area (Å²) in [5.41, 5.74) is 5.88. The van der Waals surface area contributed by atoms with E-state index in [2.05, 4.69) is 13.8 Å². The number of nitrogens with two attached hydrogens (primary N) is 1. The largest absolute Gasteiger partial charge is 0.338 e. The minimum atomic E-state index is -0.276. The minimum absolute atomic E-state index is 0.170. The van der Waals surface area contributed by atoms with Gasteiger partial charge in [0.1, 0.15) is 0 Å². The van der Waals surface area contributed by atoms with E-state index in [0.717, 1.165) is 38.6 Å². The maximum atomic E-state index is 12.1. The highest BCUT2D eigenvalue weighted by atomic mass is 16.2. The molecule has 88 valence electrons. The van der Waals surface area contributed by atoms with Crippen LogP contribution in [0.4, 0.5) is 0 Å². The zero-order chi connectivity index (χ0) is 11.3. The molecule has 1 aliphatic rings. The van der Waals surface area contributed by atoms with E-state index in [1.54, 1.807) is 0 Å². The lowest BCUT2D eigenvalue weighted by Gasteiger charge is -2.36. The van der Waals surface area contributed by atoms with Crippen molar-refractivity contribution in [2.45, 2.75) is 64.5 Å². The lowest BCUT2D eigenvalue weighted by Crippen LogP contribution is -2.50. The number of likely N-dealkylation sites (tertiary alicyclic amines) is 1. The van der Waals surface area contributed by atoms with E-state index in [1.807, 2.05) is 4.90 Å². The summed E-state index contributed by atoms with van der Waals surface area (Å²) in [7, 11) is 0. The van der Waals surface area contributed by atoms with Gasteiger partial charge >= 0.3 is 0 Å². The predicted molar refractivity (Wildman–Crippen MR) is 62.5 cm³/mol. The molecule has 1 saturated heterocycles. The fourth-order valence-electron chi connectivity index (χ4n) is 2.36. The van der Waals surface area contributed by atoms with Gasteiger partial charge in [0, 0.05) is 12.6 Å². The summed E-state index contributed by atoms with van der Waals surface area (Å²) in [6, 6.07) is 0.163. The first-order valence-electron chi connectivity index (χ1n) is 6.26. The molecule has 0 radical (unpaired) electrons. The molecule has 1 rings (SSSR count). The van der Waals surface area contributed by atoms with Crippen molar-refractivity contribution in [3.63, 3.8) is 0 Å². The molecule has 1 aliphatic heterocycles. The zero-order valence-electron chi connectivity index (χ0n) is 10.0. The molecule has 0 aliphatic carbocycles. The number of rotatable bonds is 4. The lowest BCUT2D eigenvalue weighted by atomic mass is 9.98. The molecule has 15 heavy (non-hydrogen) atoms. The molecule has 0 bridgehead atoms. The van der Waals surface area contributed by atoms with Gasteiger partial charge in [0.2, 0.25) is 5.91 Å². The number of nitrogens with zero attached hydrogens (tertiary/aromatic N) is 1. The van der Waals surface area contributed by atoms with Crippen molar-refractivity contribution in [1.82, 2.24) is 4.90 Å². The van der Waals surface area contributed by atoms with Crippen molar-refractivity contribution < 1.29 is 4.79 Å². The van der Waals surface area contributed by atoms with Crippen LogP contribution < -0.4 is 5.73 Å². The predicted octanol–water partition coefficient (Wildman–Crippen LogP) is 1.90. The van der Waals surface area contributed by atoms with Crippen LogP contribution in [0.5, 0.6) is 0 Å². The molecule has 3 nitrogen and oxygen atoms in total. The van der Waals surface area contributed by atoms with Crippen molar-refractivity contribution in [2.75, 3.05) is 6.54 Å². The summed E-state index contributed by atoms with van der Waals surface area (Å²) in [6.07, 6.45) is 6.40. The normalized spacial score (nSPS) is 23.9. The second kappa shape index (κ2) is 6.11. The highest BCUT2D eigenvalue weighted by molar-refractivity contribution is 5.82. The molecular formula is C12H24N2O. The molecule has 2 atom stereocenters. The van der Waals surface area contributed by atoms with Crippen molar-refractivity contribution in [3.05, 3.63) is 0 Å². The van der Waals surface area contributed by atoms with E-state index < -0.39 is 0 Å². The van der Waals surface area contributed by atoms with Crippen LogP contribution in [0.25, 0.3) is 0 Å². The number of hydrogen-bond donors (Lipinski definition) is 1. The van der Waals surface area contributed by atoms with Gasteiger partial charge in [-0.25, -0.2) is 0 Å². The summed E-state index contributed by atoms with van der Waals surface area (Å²) in [5.74, 6) is 0.170. The Hall–Kier alpha value is -0.570. The molecule has 3 heteroatoms. The lowest BCUT2D eigenvalue weighted by molar-refractivity contribution is -0.136. The van der Waals surface area contributed by atoms with E-state index in [0.29, 0.717) is 6.04 Å². The van der Waals surface area contributed by atoms with Crippen LogP contribution >= 0.6 is 0 Å². The van der Waals surface area contributed by atoms with Crippen LogP contribution in [0.2, 0.25) is 0 Å². The van der Waals surface area contributed by atoms with Gasteiger partial charge in [0.25, 0.3) is 0 Å². The maximum Gasteiger partial charge on any atom is 0.239 e. The third-order valence-corrected chi connectivity index (χ3v) is 3.30. The van der Waals surface area contributed by atoms with Gasteiger partial charge in [-0.1, -0.05) is 20.3 Å². The quantitative estimate of drug-likeness (QED) is 0.773. The standard InChI is InChI=1S/C12H24N2O/c1-3-7-11(13)12(15)14-9-6-5-8-10(14)4-2/h10-11H,3-9,13H2,1-2H3. The summed E-state index contributed by atoms with van der Waals surface area (Å²) in [5, 5.41) is 0. The SMILES string of the molecule is CCCC(N)C(=O)N1CCCCC1CC. The molecule has 2 unspecified atom stereocenters. The number of amides is 1. The maximum absolute atomic E-state index is 12.1. The molecule has 0 spiro atoms. The van der Waals surface area contributed by atoms with E-state index in [4.69, 9.17) is 5.73 Å². The van der Waals surface area contributed by atoms with E-state index in [1.165, 1.54) is 6.42 Å². The fourth-order valence-corrected chi connectivity index (χ4v) is 2.36. The van der Waals surface area contributed by atoms with Crippen LogP contribution in [0.3, 0.4) is 0 Å². The van der Waals surface area contributed by atoms with Crippen LogP contribution in [-0.4, -0.2) is 29.4 Å². The Kier molecular flexibility index (Phi) is 5.09. The van der Waals surface area contributed by atoms with Crippen LogP contribution in [0, 0.1) is 0 Å². The average Bonchev–Trinajstić information content (AvgIpc) is 2.28. The Morgan fingerprint density at radius 3 is 2.80 bits per heavy atom. The molecule has 1 fully saturated rings. The molecule has 0 aromatic heterocycles. The second-order valence-electron chi connectivity index (χ2n) is 4.48. The van der Waals surface area contributed by atoms with E-state index in [-0.39, 0.29) is 11.9 Å². The smallest absolute Gasteiger partial charge is 0.239 e. The monoisotopic (exact) mass is 212 g/mol. The van der Waals surface area contributed by atoms with Crippen LogP contribution in [-0.2, 0) is 4.79 Å². The van der Waals surface area contributed by atoms with Crippen LogP contribution in [0.15, 0.2) is 0 Å². The molecule has 0 saturated carbocycles. The fraction of sp³-hybridized carbons (Fsp3) is 0.917. The van der Waals surface area contributed by atoms with Crippen molar-refractivity contribution in [2.24, 2.45) is 5.73 Å². The van der Waals surface area contributed by atoms with Gasteiger partial charge in [0.05, 0.1) is 6.04 Å². The third-order valence-electron chi connectivity index (χ3n) is 3.30. The molecular weight excluding hydrogens is 188 g/mol. The Morgan fingerprint density at radius 1 is 1.47 bits per heavy atom. The van der Waals surface area contributed by atoms with Crippen molar-refractivity contribution >= 4 is 5.91 Å². The summed E-state index contributed by atoms with van der Waals surface area (Å²) >= 11 is 0. The third kappa shape index (κ3) is 3.20. The van der Waals surface area contributed by atoms with E-state index >= 15 is 0 Å². The summed E-state index contributed by atoms with van der Waals surface area (Å²) in [6.45, 7) is 5.14. The first-order chi connectivity index (χ1) is 7.20. The first kappa shape index (κ1) is 12.5. The highest BCUT2D eigenvalue weighted by Gasteiger charge is 2.28. The Morgan fingerprint density at radius 2 is 2.20 bits per heavy atom. The number of piperidine rings is 1. The van der Waals surface area contributed by atoms with Gasteiger partial charge in [0.15, 0.2) is 0 Å². The zero-order valence-corrected chi connectivity index (χ0v) is 10.0.